The lowest BCUT2D eigenvalue weighted by Crippen LogP contribution is -2.46. The van der Waals surface area contributed by atoms with E-state index in [4.69, 9.17) is 9.47 Å². The van der Waals surface area contributed by atoms with Crippen LogP contribution in [0.3, 0.4) is 0 Å². The molecule has 6 nitrogen and oxygen atoms in total. The molecule has 0 saturated heterocycles. The molecule has 0 bridgehead atoms. The minimum Gasteiger partial charge on any atom is -0.507 e. The summed E-state index contributed by atoms with van der Waals surface area (Å²) in [6, 6.07) is 7.79. The van der Waals surface area contributed by atoms with Gasteiger partial charge in [-0.05, 0) is 98.6 Å². The second-order valence-electron chi connectivity index (χ2n) is 21.4. The maximum Gasteiger partial charge on any atom is 0.324 e. The molecular weight excluding hydrogens is 853 g/mol. The van der Waals surface area contributed by atoms with Crippen molar-refractivity contribution in [3.63, 3.8) is 0 Å². The summed E-state index contributed by atoms with van der Waals surface area (Å²) in [5, 5.41) is 22.2. The average molecular weight is 962 g/mol. The summed E-state index contributed by atoms with van der Waals surface area (Å²) in [5.41, 5.74) is 3.14. The molecule has 0 aliphatic carbocycles. The molecule has 2 aromatic rings. The number of hydrogen-bond acceptors (Lipinski definition) is 6. The Hall–Kier alpha value is -3.02. The minimum absolute atomic E-state index is 0.104. The molecule has 0 amide bonds. The number of aryl methyl sites for hydroxylation is 4. The summed E-state index contributed by atoms with van der Waals surface area (Å²) in [6.07, 6.45) is 46.1. The van der Waals surface area contributed by atoms with Gasteiger partial charge in [-0.2, -0.15) is 0 Å². The van der Waals surface area contributed by atoms with E-state index >= 15 is 0 Å². The first-order valence-electron chi connectivity index (χ1n) is 29.6. The standard InChI is InChI=1S/C63H108O6/c1-7-11-15-17-19-21-23-25-27-29-31-33-35-37-39-41-45-68-61(66)63(51-55-47-53(5)59(64)57(49-55)43-13-9-3,52-56-48-54(6)60(65)58(50-56)44-14-10-4)62(67)69-46-42-40-38-36-34-32-30-28-26-24-22-20-18-16-12-8-2/h47-50,64-65H,7-46,51-52H2,1-6H3. The van der Waals surface area contributed by atoms with Crippen LogP contribution >= 0.6 is 0 Å². The van der Waals surface area contributed by atoms with Crippen LogP contribution in [0.1, 0.15) is 292 Å². The van der Waals surface area contributed by atoms with E-state index in [1.165, 1.54) is 167 Å². The van der Waals surface area contributed by atoms with Crippen molar-refractivity contribution >= 4 is 11.9 Å². The number of carbonyl (C=O) groups is 2. The lowest BCUT2D eigenvalue weighted by atomic mass is 9.75. The van der Waals surface area contributed by atoms with Crippen molar-refractivity contribution < 1.29 is 29.3 Å². The highest BCUT2D eigenvalue weighted by atomic mass is 16.6. The molecule has 0 aromatic heterocycles. The molecule has 6 heteroatoms. The second-order valence-corrected chi connectivity index (χ2v) is 21.4. The van der Waals surface area contributed by atoms with Crippen molar-refractivity contribution in [3.05, 3.63) is 57.6 Å². The van der Waals surface area contributed by atoms with Crippen molar-refractivity contribution in [2.45, 2.75) is 298 Å². The van der Waals surface area contributed by atoms with Crippen LogP contribution in [0.5, 0.6) is 11.5 Å². The van der Waals surface area contributed by atoms with E-state index < -0.39 is 17.4 Å². The molecule has 2 rings (SSSR count). The number of phenols is 2. The summed E-state index contributed by atoms with van der Waals surface area (Å²) in [5.74, 6) is -0.515. The first-order valence-corrected chi connectivity index (χ1v) is 29.6. The predicted octanol–water partition coefficient (Wildman–Crippen LogP) is 18.8. The van der Waals surface area contributed by atoms with E-state index in [2.05, 4.69) is 27.7 Å². The summed E-state index contributed by atoms with van der Waals surface area (Å²) in [6.45, 7) is 13.1. The van der Waals surface area contributed by atoms with Gasteiger partial charge in [0.1, 0.15) is 11.5 Å². The number of benzene rings is 2. The molecule has 0 aliphatic rings. The van der Waals surface area contributed by atoms with E-state index in [1.54, 1.807) is 0 Å². The summed E-state index contributed by atoms with van der Waals surface area (Å²) in [7, 11) is 0. The molecule has 0 unspecified atom stereocenters. The number of hydrogen-bond donors (Lipinski definition) is 2. The van der Waals surface area contributed by atoms with Gasteiger partial charge in [-0.1, -0.05) is 257 Å². The first kappa shape index (κ1) is 62.1. The Kier molecular flexibility index (Phi) is 36.5. The molecular formula is C63H108O6. The van der Waals surface area contributed by atoms with E-state index in [9.17, 15) is 19.8 Å². The fraction of sp³-hybridized carbons (Fsp3) is 0.778. The van der Waals surface area contributed by atoms with Crippen molar-refractivity contribution in [3.8, 4) is 11.5 Å². The zero-order chi connectivity index (χ0) is 50.2. The Bertz CT molecular complexity index is 1480. The van der Waals surface area contributed by atoms with Crippen LogP contribution in [0, 0.1) is 19.3 Å². The van der Waals surface area contributed by atoms with Crippen molar-refractivity contribution in [1.82, 2.24) is 0 Å². The fourth-order valence-corrected chi connectivity index (χ4v) is 10.2. The van der Waals surface area contributed by atoms with Gasteiger partial charge >= 0.3 is 11.9 Å². The molecule has 0 radical (unpaired) electrons. The van der Waals surface area contributed by atoms with Crippen LogP contribution in [0.4, 0.5) is 0 Å². The highest BCUT2D eigenvalue weighted by molar-refractivity contribution is 6.01. The molecule has 0 saturated carbocycles. The van der Waals surface area contributed by atoms with Crippen LogP contribution in [-0.4, -0.2) is 35.4 Å². The molecule has 0 heterocycles. The third-order valence-electron chi connectivity index (χ3n) is 14.7. The Morgan fingerprint density at radius 1 is 0.377 bits per heavy atom. The van der Waals surface area contributed by atoms with Crippen molar-refractivity contribution in [2.75, 3.05) is 13.2 Å². The Labute approximate surface area is 425 Å². The number of phenolic OH excluding ortho intramolecular Hbond substituents is 2. The van der Waals surface area contributed by atoms with E-state index in [0.717, 1.165) is 110 Å². The Morgan fingerprint density at radius 2 is 0.623 bits per heavy atom. The van der Waals surface area contributed by atoms with Crippen LogP contribution in [0.15, 0.2) is 24.3 Å². The van der Waals surface area contributed by atoms with Crippen molar-refractivity contribution in [2.24, 2.45) is 5.41 Å². The van der Waals surface area contributed by atoms with Gasteiger partial charge in [-0.3, -0.25) is 9.59 Å². The Balaban J connectivity index is 2.11. The van der Waals surface area contributed by atoms with Gasteiger partial charge in [0.05, 0.1) is 13.2 Å². The monoisotopic (exact) mass is 961 g/mol. The quantitative estimate of drug-likeness (QED) is 0.0390. The van der Waals surface area contributed by atoms with Crippen LogP contribution in [0.2, 0.25) is 0 Å². The second kappa shape index (κ2) is 40.6. The molecule has 0 fully saturated rings. The van der Waals surface area contributed by atoms with Gasteiger partial charge in [0, 0.05) is 0 Å². The summed E-state index contributed by atoms with van der Waals surface area (Å²) < 4.78 is 12.4. The van der Waals surface area contributed by atoms with Gasteiger partial charge in [-0.15, -0.1) is 0 Å². The average Bonchev–Trinajstić information content (AvgIpc) is 3.34. The predicted molar refractivity (Wildman–Crippen MR) is 294 cm³/mol. The van der Waals surface area contributed by atoms with Crippen molar-refractivity contribution in [1.29, 1.82) is 0 Å². The largest absolute Gasteiger partial charge is 0.507 e. The third-order valence-corrected chi connectivity index (χ3v) is 14.7. The van der Waals surface area contributed by atoms with Gasteiger partial charge in [0.15, 0.2) is 5.41 Å². The highest BCUT2D eigenvalue weighted by Gasteiger charge is 2.49. The number of esters is 2. The van der Waals surface area contributed by atoms with Crippen LogP contribution < -0.4 is 0 Å². The molecule has 0 spiro atoms. The minimum atomic E-state index is -1.64. The summed E-state index contributed by atoms with van der Waals surface area (Å²) in [4.78, 5) is 29.7. The SMILES string of the molecule is CCCCCCCCCCCCCCCCCCOC(=O)C(Cc1cc(C)c(O)c(CCCC)c1)(Cc1cc(C)c(O)c(CCCC)c1)C(=O)OCCCCCCCCCCCCCCCCCC. The number of rotatable bonds is 46. The molecule has 2 N–H and O–H groups in total. The number of unbranched alkanes of at least 4 members (excludes halogenated alkanes) is 32. The fourth-order valence-electron chi connectivity index (χ4n) is 10.2. The van der Waals surface area contributed by atoms with Gasteiger partial charge in [0.25, 0.3) is 0 Å². The lowest BCUT2D eigenvalue weighted by molar-refractivity contribution is -0.173. The highest BCUT2D eigenvalue weighted by Crippen LogP contribution is 2.37. The lowest BCUT2D eigenvalue weighted by Gasteiger charge is -2.31. The zero-order valence-electron chi connectivity index (χ0n) is 46.0. The first-order chi connectivity index (χ1) is 33.6. The number of ether oxygens (including phenoxy) is 2. The molecule has 2 aromatic carbocycles. The maximum absolute atomic E-state index is 14.9. The normalized spacial score (nSPS) is 11.7. The molecule has 69 heavy (non-hydrogen) atoms. The van der Waals surface area contributed by atoms with Gasteiger partial charge in [-0.25, -0.2) is 0 Å². The Morgan fingerprint density at radius 3 is 0.884 bits per heavy atom. The van der Waals surface area contributed by atoms with E-state index in [-0.39, 0.29) is 37.6 Å². The zero-order valence-corrected chi connectivity index (χ0v) is 46.0. The van der Waals surface area contributed by atoms with Crippen LogP contribution in [-0.2, 0) is 44.7 Å². The topological polar surface area (TPSA) is 93.1 Å². The van der Waals surface area contributed by atoms with Gasteiger partial charge < -0.3 is 19.7 Å². The smallest absolute Gasteiger partial charge is 0.324 e. The number of carbonyl (C=O) groups excluding carboxylic acids is 2. The van der Waals surface area contributed by atoms with Gasteiger partial charge in [0.2, 0.25) is 0 Å². The van der Waals surface area contributed by atoms with E-state index in [1.807, 2.05) is 38.1 Å². The molecule has 0 atom stereocenters. The van der Waals surface area contributed by atoms with Crippen LogP contribution in [0.25, 0.3) is 0 Å². The number of aromatic hydroxyl groups is 2. The molecule has 0 aliphatic heterocycles. The maximum atomic E-state index is 14.9. The van der Waals surface area contributed by atoms with E-state index in [0.29, 0.717) is 0 Å². The molecule has 396 valence electrons. The summed E-state index contributed by atoms with van der Waals surface area (Å²) >= 11 is 0. The third kappa shape index (κ3) is 27.4.